The van der Waals surface area contributed by atoms with Gasteiger partial charge in [0.2, 0.25) is 0 Å². The van der Waals surface area contributed by atoms with E-state index in [0.29, 0.717) is 16.2 Å². The summed E-state index contributed by atoms with van der Waals surface area (Å²) in [5.74, 6) is -0.780. The number of Topliss-reactive ketones (excluding diaryl/α,β-unsaturated/α-hetero) is 1. The minimum atomic E-state index is -0.858. The molecule has 0 bridgehead atoms. The van der Waals surface area contributed by atoms with Crippen molar-refractivity contribution in [1.82, 2.24) is 0 Å². The number of ketones is 1. The van der Waals surface area contributed by atoms with Crippen molar-refractivity contribution in [1.29, 1.82) is 0 Å². The second-order valence-electron chi connectivity index (χ2n) is 3.70. The Bertz CT molecular complexity index is 574. The maximum Gasteiger partial charge on any atom is 0.380 e. The van der Waals surface area contributed by atoms with E-state index in [4.69, 9.17) is 4.74 Å². The quantitative estimate of drug-likeness (QED) is 0.478. The monoisotopic (exact) mass is 276 g/mol. The molecule has 5 heteroatoms. The Morgan fingerprint density at radius 3 is 2.58 bits per heavy atom. The number of ether oxygens (including phenoxy) is 2. The van der Waals surface area contributed by atoms with E-state index in [0.717, 1.165) is 0 Å². The number of hydrogen-bond donors (Lipinski definition) is 0. The van der Waals surface area contributed by atoms with Crippen LogP contribution < -0.4 is 4.74 Å². The Morgan fingerprint density at radius 1 is 1.16 bits per heavy atom. The van der Waals surface area contributed by atoms with Gasteiger partial charge in [0.1, 0.15) is 12.4 Å². The van der Waals surface area contributed by atoms with E-state index in [2.05, 4.69) is 4.74 Å². The molecule has 0 spiro atoms. The lowest BCUT2D eigenvalue weighted by molar-refractivity contribution is -0.135. The van der Waals surface area contributed by atoms with Crippen LogP contribution in [0.15, 0.2) is 41.8 Å². The Morgan fingerprint density at radius 2 is 1.89 bits per heavy atom. The normalized spacial score (nSPS) is 9.95. The maximum atomic E-state index is 11.7. The fourth-order valence-electron chi connectivity index (χ4n) is 1.51. The summed E-state index contributed by atoms with van der Waals surface area (Å²) in [6.45, 7) is 0.242. The number of thiophene rings is 1. The van der Waals surface area contributed by atoms with Crippen LogP contribution in [-0.4, -0.2) is 18.9 Å². The standard InChI is InChI=1S/C14H12O4S/c1-17-14(16)12(15)13-10(7-8-19-13)9-18-11-5-3-2-4-6-11/h2-8H,9H2,1H3. The van der Waals surface area contributed by atoms with E-state index in [1.54, 1.807) is 11.4 Å². The first-order chi connectivity index (χ1) is 9.22. The van der Waals surface area contributed by atoms with Gasteiger partial charge >= 0.3 is 5.97 Å². The molecule has 0 aliphatic rings. The predicted molar refractivity (Wildman–Crippen MR) is 71.4 cm³/mol. The molecule has 98 valence electrons. The molecular weight excluding hydrogens is 264 g/mol. The van der Waals surface area contributed by atoms with Crippen molar-refractivity contribution in [3.05, 3.63) is 52.2 Å². The van der Waals surface area contributed by atoms with Crippen LogP contribution >= 0.6 is 11.3 Å². The molecule has 0 fully saturated rings. The second kappa shape index (κ2) is 6.15. The number of rotatable bonds is 5. The summed E-state index contributed by atoms with van der Waals surface area (Å²) in [4.78, 5) is 23.3. The average Bonchev–Trinajstić information content (AvgIpc) is 2.93. The highest BCUT2D eigenvalue weighted by molar-refractivity contribution is 7.13. The summed E-state index contributed by atoms with van der Waals surface area (Å²) >= 11 is 1.21. The average molecular weight is 276 g/mol. The summed E-state index contributed by atoms with van der Waals surface area (Å²) in [7, 11) is 1.19. The summed E-state index contributed by atoms with van der Waals surface area (Å²) in [5, 5.41) is 1.75. The van der Waals surface area contributed by atoms with Crippen LogP contribution in [0.25, 0.3) is 0 Å². The number of para-hydroxylation sites is 1. The number of benzene rings is 1. The molecule has 2 aromatic rings. The van der Waals surface area contributed by atoms with Crippen LogP contribution in [0.3, 0.4) is 0 Å². The van der Waals surface area contributed by atoms with E-state index < -0.39 is 11.8 Å². The lowest BCUT2D eigenvalue weighted by Crippen LogP contribution is -2.16. The van der Waals surface area contributed by atoms with Crippen molar-refractivity contribution in [3.63, 3.8) is 0 Å². The van der Waals surface area contributed by atoms with Gasteiger partial charge in [-0.25, -0.2) is 4.79 Å². The minimum Gasteiger partial charge on any atom is -0.489 e. The Balaban J connectivity index is 2.08. The molecule has 0 saturated heterocycles. The number of methoxy groups -OCH3 is 1. The summed E-state index contributed by atoms with van der Waals surface area (Å²) in [5.41, 5.74) is 0.684. The van der Waals surface area contributed by atoms with Crippen molar-refractivity contribution in [2.75, 3.05) is 7.11 Å². The Labute approximate surface area is 114 Å². The van der Waals surface area contributed by atoms with Gasteiger partial charge in [-0.1, -0.05) is 18.2 Å². The largest absolute Gasteiger partial charge is 0.489 e. The van der Waals surface area contributed by atoms with Gasteiger partial charge in [0.15, 0.2) is 0 Å². The first kappa shape index (κ1) is 13.3. The second-order valence-corrected chi connectivity index (χ2v) is 4.61. The van der Waals surface area contributed by atoms with E-state index in [-0.39, 0.29) is 6.61 Å². The van der Waals surface area contributed by atoms with E-state index >= 15 is 0 Å². The van der Waals surface area contributed by atoms with Gasteiger partial charge in [0, 0.05) is 5.56 Å². The van der Waals surface area contributed by atoms with Crippen molar-refractivity contribution in [2.24, 2.45) is 0 Å². The van der Waals surface area contributed by atoms with Gasteiger partial charge in [-0.2, -0.15) is 0 Å². The van der Waals surface area contributed by atoms with Crippen LogP contribution in [0.4, 0.5) is 0 Å². The topological polar surface area (TPSA) is 52.6 Å². The van der Waals surface area contributed by atoms with Gasteiger partial charge in [-0.05, 0) is 23.6 Å². The predicted octanol–water partition coefficient (Wildman–Crippen LogP) is 2.68. The summed E-state index contributed by atoms with van der Waals surface area (Å²) < 4.78 is 9.99. The van der Waals surface area contributed by atoms with Crippen LogP contribution in [0.2, 0.25) is 0 Å². The molecule has 0 saturated carbocycles. The van der Waals surface area contributed by atoms with Crippen LogP contribution in [0.5, 0.6) is 5.75 Å². The molecule has 1 aromatic heterocycles. The molecule has 0 N–H and O–H groups in total. The highest BCUT2D eigenvalue weighted by Crippen LogP contribution is 2.20. The van der Waals surface area contributed by atoms with Gasteiger partial charge in [0.05, 0.1) is 12.0 Å². The Hall–Kier alpha value is -2.14. The van der Waals surface area contributed by atoms with Gasteiger partial charge < -0.3 is 9.47 Å². The lowest BCUT2D eigenvalue weighted by Gasteiger charge is -2.06. The molecule has 2 rings (SSSR count). The molecular formula is C14H12O4S. The molecule has 0 aliphatic carbocycles. The van der Waals surface area contributed by atoms with Crippen LogP contribution in [0.1, 0.15) is 15.2 Å². The van der Waals surface area contributed by atoms with E-state index in [9.17, 15) is 9.59 Å². The smallest absolute Gasteiger partial charge is 0.380 e. The zero-order valence-corrected chi connectivity index (χ0v) is 11.1. The van der Waals surface area contributed by atoms with Crippen molar-refractivity contribution in [2.45, 2.75) is 6.61 Å². The molecule has 4 nitrogen and oxygen atoms in total. The lowest BCUT2D eigenvalue weighted by atomic mass is 10.2. The van der Waals surface area contributed by atoms with Gasteiger partial charge in [0.25, 0.3) is 5.78 Å². The molecule has 0 amide bonds. The zero-order valence-electron chi connectivity index (χ0n) is 10.3. The van der Waals surface area contributed by atoms with Crippen molar-refractivity contribution in [3.8, 4) is 5.75 Å². The van der Waals surface area contributed by atoms with E-state index in [1.807, 2.05) is 30.3 Å². The van der Waals surface area contributed by atoms with Crippen LogP contribution in [-0.2, 0) is 16.1 Å². The third-order valence-electron chi connectivity index (χ3n) is 2.46. The third-order valence-corrected chi connectivity index (χ3v) is 3.42. The molecule has 0 radical (unpaired) electrons. The number of esters is 1. The number of carbonyl (C=O) groups is 2. The number of carbonyl (C=O) groups excluding carboxylic acids is 2. The summed E-state index contributed by atoms with van der Waals surface area (Å²) in [6.07, 6.45) is 0. The molecule has 0 aliphatic heterocycles. The third kappa shape index (κ3) is 3.20. The number of hydrogen-bond acceptors (Lipinski definition) is 5. The van der Waals surface area contributed by atoms with Crippen LogP contribution in [0, 0.1) is 0 Å². The molecule has 19 heavy (non-hydrogen) atoms. The molecule has 1 aromatic carbocycles. The van der Waals surface area contributed by atoms with Gasteiger partial charge in [-0.3, -0.25) is 4.79 Å². The maximum absolute atomic E-state index is 11.7. The van der Waals surface area contributed by atoms with Gasteiger partial charge in [-0.15, -0.1) is 11.3 Å². The van der Waals surface area contributed by atoms with Crippen molar-refractivity contribution >= 4 is 23.1 Å². The highest BCUT2D eigenvalue weighted by atomic mass is 32.1. The van der Waals surface area contributed by atoms with E-state index in [1.165, 1.54) is 18.4 Å². The first-order valence-corrected chi connectivity index (χ1v) is 6.47. The minimum absolute atomic E-state index is 0.242. The summed E-state index contributed by atoms with van der Waals surface area (Å²) in [6, 6.07) is 11.0. The van der Waals surface area contributed by atoms with Crippen molar-refractivity contribution < 1.29 is 19.1 Å². The Kier molecular flexibility index (Phi) is 4.30. The molecule has 1 heterocycles. The fourth-order valence-corrected chi connectivity index (χ4v) is 2.35. The first-order valence-electron chi connectivity index (χ1n) is 5.59. The zero-order chi connectivity index (χ0) is 13.7. The SMILES string of the molecule is COC(=O)C(=O)c1sccc1COc1ccccc1. The molecule has 0 unspecified atom stereocenters. The highest BCUT2D eigenvalue weighted by Gasteiger charge is 2.21. The molecule has 0 atom stereocenters. The fraction of sp³-hybridized carbons (Fsp3) is 0.143.